The third kappa shape index (κ3) is 3.79. The Bertz CT molecular complexity index is 312. The van der Waals surface area contributed by atoms with Gasteiger partial charge in [0.25, 0.3) is 0 Å². The van der Waals surface area contributed by atoms with Crippen LogP contribution in [0, 0.1) is 0 Å². The maximum atomic E-state index is 5.70. The number of rotatable bonds is 6. The standard InChI is InChI=1S/C12H22N4/c1-15(2)7-4-8-16(3)12-10-14-6-5-11(12)9-13/h5-6,10H,4,7-9,13H2,1-3H3. The highest BCUT2D eigenvalue weighted by molar-refractivity contribution is 5.50. The second-order valence-corrected chi connectivity index (χ2v) is 4.29. The van der Waals surface area contributed by atoms with Crippen LogP contribution < -0.4 is 10.6 Å². The molecule has 0 radical (unpaired) electrons. The molecule has 0 atom stereocenters. The van der Waals surface area contributed by atoms with Crippen molar-refractivity contribution in [2.45, 2.75) is 13.0 Å². The Labute approximate surface area is 98.1 Å². The van der Waals surface area contributed by atoms with Crippen LogP contribution in [0.3, 0.4) is 0 Å². The van der Waals surface area contributed by atoms with E-state index >= 15 is 0 Å². The van der Waals surface area contributed by atoms with E-state index in [1.54, 1.807) is 6.20 Å². The molecule has 4 heteroatoms. The summed E-state index contributed by atoms with van der Waals surface area (Å²) in [7, 11) is 6.27. The first-order chi connectivity index (χ1) is 7.65. The van der Waals surface area contributed by atoms with Crippen molar-refractivity contribution in [3.05, 3.63) is 24.0 Å². The molecular formula is C12H22N4. The normalized spacial score (nSPS) is 10.8. The Morgan fingerprint density at radius 3 is 2.62 bits per heavy atom. The lowest BCUT2D eigenvalue weighted by atomic mass is 10.2. The summed E-state index contributed by atoms with van der Waals surface area (Å²) in [5, 5.41) is 0. The fourth-order valence-corrected chi connectivity index (χ4v) is 1.68. The van der Waals surface area contributed by atoms with E-state index in [0.717, 1.165) is 30.8 Å². The number of hydrogen-bond donors (Lipinski definition) is 1. The van der Waals surface area contributed by atoms with Crippen LogP contribution in [0.5, 0.6) is 0 Å². The second kappa shape index (κ2) is 6.45. The zero-order chi connectivity index (χ0) is 12.0. The van der Waals surface area contributed by atoms with Gasteiger partial charge in [0, 0.05) is 26.3 Å². The highest BCUT2D eigenvalue weighted by Crippen LogP contribution is 2.16. The summed E-state index contributed by atoms with van der Waals surface area (Å²) in [6.45, 7) is 2.69. The summed E-state index contributed by atoms with van der Waals surface area (Å²) >= 11 is 0. The number of nitrogens with two attached hydrogens (primary N) is 1. The van der Waals surface area contributed by atoms with Gasteiger partial charge in [0.2, 0.25) is 0 Å². The number of aromatic nitrogens is 1. The van der Waals surface area contributed by atoms with E-state index in [1.165, 1.54) is 0 Å². The van der Waals surface area contributed by atoms with Crippen LogP contribution >= 0.6 is 0 Å². The first-order valence-corrected chi connectivity index (χ1v) is 5.64. The van der Waals surface area contributed by atoms with Crippen molar-refractivity contribution in [1.29, 1.82) is 0 Å². The molecule has 2 N–H and O–H groups in total. The van der Waals surface area contributed by atoms with E-state index < -0.39 is 0 Å². The lowest BCUT2D eigenvalue weighted by Gasteiger charge is -2.22. The molecule has 16 heavy (non-hydrogen) atoms. The molecule has 1 aromatic rings. The van der Waals surface area contributed by atoms with Gasteiger partial charge < -0.3 is 15.5 Å². The Hall–Kier alpha value is -1.13. The molecule has 0 aliphatic heterocycles. The minimum atomic E-state index is 0.565. The number of nitrogens with zero attached hydrogens (tertiary/aromatic N) is 3. The molecule has 4 nitrogen and oxygen atoms in total. The first kappa shape index (κ1) is 12.9. The molecule has 0 fully saturated rings. The minimum absolute atomic E-state index is 0.565. The van der Waals surface area contributed by atoms with E-state index in [0.29, 0.717) is 6.54 Å². The third-order valence-corrected chi connectivity index (χ3v) is 2.62. The van der Waals surface area contributed by atoms with Crippen LogP contribution in [-0.2, 0) is 6.54 Å². The van der Waals surface area contributed by atoms with Gasteiger partial charge in [-0.15, -0.1) is 0 Å². The van der Waals surface area contributed by atoms with Crippen molar-refractivity contribution >= 4 is 5.69 Å². The lowest BCUT2D eigenvalue weighted by Crippen LogP contribution is -2.24. The minimum Gasteiger partial charge on any atom is -0.373 e. The average molecular weight is 222 g/mol. The fraction of sp³-hybridized carbons (Fsp3) is 0.583. The van der Waals surface area contributed by atoms with E-state index in [1.807, 2.05) is 12.3 Å². The molecule has 90 valence electrons. The van der Waals surface area contributed by atoms with Gasteiger partial charge in [-0.2, -0.15) is 0 Å². The predicted molar refractivity (Wildman–Crippen MR) is 68.6 cm³/mol. The fourth-order valence-electron chi connectivity index (χ4n) is 1.68. The summed E-state index contributed by atoms with van der Waals surface area (Å²) in [6, 6.07) is 1.98. The van der Waals surface area contributed by atoms with Crippen LogP contribution in [0.2, 0.25) is 0 Å². The maximum Gasteiger partial charge on any atom is 0.0595 e. The maximum absolute atomic E-state index is 5.70. The van der Waals surface area contributed by atoms with Gasteiger partial charge in [-0.25, -0.2) is 0 Å². The van der Waals surface area contributed by atoms with Crippen molar-refractivity contribution in [3.8, 4) is 0 Å². The second-order valence-electron chi connectivity index (χ2n) is 4.29. The van der Waals surface area contributed by atoms with Crippen LogP contribution in [0.25, 0.3) is 0 Å². The zero-order valence-electron chi connectivity index (χ0n) is 10.5. The molecule has 0 aromatic carbocycles. The molecule has 0 unspecified atom stereocenters. The summed E-state index contributed by atoms with van der Waals surface area (Å²) in [6.07, 6.45) is 4.82. The summed E-state index contributed by atoms with van der Waals surface area (Å²) in [5.41, 5.74) is 8.00. The summed E-state index contributed by atoms with van der Waals surface area (Å²) in [5.74, 6) is 0. The van der Waals surface area contributed by atoms with Gasteiger partial charge in [0.15, 0.2) is 0 Å². The molecule has 1 rings (SSSR count). The SMILES string of the molecule is CN(C)CCCN(C)c1cnccc1CN. The highest BCUT2D eigenvalue weighted by atomic mass is 15.1. The largest absolute Gasteiger partial charge is 0.373 e. The molecule has 0 spiro atoms. The van der Waals surface area contributed by atoms with E-state index in [2.05, 4.69) is 35.9 Å². The summed E-state index contributed by atoms with van der Waals surface area (Å²) < 4.78 is 0. The first-order valence-electron chi connectivity index (χ1n) is 5.64. The van der Waals surface area contributed by atoms with Crippen LogP contribution in [0.15, 0.2) is 18.5 Å². The molecule has 0 amide bonds. The monoisotopic (exact) mass is 222 g/mol. The lowest BCUT2D eigenvalue weighted by molar-refractivity contribution is 0.401. The highest BCUT2D eigenvalue weighted by Gasteiger charge is 2.05. The molecule has 0 bridgehead atoms. The predicted octanol–water partition coefficient (Wildman–Crippen LogP) is 0.928. The average Bonchev–Trinajstić information content (AvgIpc) is 2.28. The molecule has 1 aromatic heterocycles. The van der Waals surface area contributed by atoms with Gasteiger partial charge in [0.05, 0.1) is 11.9 Å². The Morgan fingerprint density at radius 2 is 2.00 bits per heavy atom. The van der Waals surface area contributed by atoms with Crippen LogP contribution in [0.4, 0.5) is 5.69 Å². The van der Waals surface area contributed by atoms with Crippen molar-refractivity contribution < 1.29 is 0 Å². The van der Waals surface area contributed by atoms with Crippen molar-refractivity contribution in [2.75, 3.05) is 39.1 Å². The van der Waals surface area contributed by atoms with Gasteiger partial charge >= 0.3 is 0 Å². The van der Waals surface area contributed by atoms with Gasteiger partial charge in [-0.05, 0) is 38.7 Å². The van der Waals surface area contributed by atoms with E-state index in [-0.39, 0.29) is 0 Å². The van der Waals surface area contributed by atoms with Crippen molar-refractivity contribution in [2.24, 2.45) is 5.73 Å². The van der Waals surface area contributed by atoms with Crippen LogP contribution in [-0.4, -0.2) is 44.1 Å². The van der Waals surface area contributed by atoms with Crippen molar-refractivity contribution in [1.82, 2.24) is 9.88 Å². The topological polar surface area (TPSA) is 45.4 Å². The molecule has 0 aliphatic carbocycles. The third-order valence-electron chi connectivity index (χ3n) is 2.62. The summed E-state index contributed by atoms with van der Waals surface area (Å²) in [4.78, 5) is 8.57. The van der Waals surface area contributed by atoms with Crippen LogP contribution in [0.1, 0.15) is 12.0 Å². The molecule has 0 aliphatic rings. The Kier molecular flexibility index (Phi) is 5.22. The van der Waals surface area contributed by atoms with Gasteiger partial charge in [-0.1, -0.05) is 0 Å². The quantitative estimate of drug-likeness (QED) is 0.777. The van der Waals surface area contributed by atoms with E-state index in [4.69, 9.17) is 5.73 Å². The Morgan fingerprint density at radius 1 is 1.25 bits per heavy atom. The van der Waals surface area contributed by atoms with Gasteiger partial charge in [-0.3, -0.25) is 4.98 Å². The number of pyridine rings is 1. The van der Waals surface area contributed by atoms with E-state index in [9.17, 15) is 0 Å². The van der Waals surface area contributed by atoms with Crippen molar-refractivity contribution in [3.63, 3.8) is 0 Å². The smallest absolute Gasteiger partial charge is 0.0595 e. The Balaban J connectivity index is 2.55. The molecule has 1 heterocycles. The van der Waals surface area contributed by atoms with Gasteiger partial charge in [0.1, 0.15) is 0 Å². The number of anilines is 1. The molecular weight excluding hydrogens is 200 g/mol. The zero-order valence-corrected chi connectivity index (χ0v) is 10.5. The number of hydrogen-bond acceptors (Lipinski definition) is 4. The molecule has 0 saturated heterocycles. The molecule has 0 saturated carbocycles.